The highest BCUT2D eigenvalue weighted by molar-refractivity contribution is 9.10. The van der Waals surface area contributed by atoms with E-state index in [0.29, 0.717) is 23.1 Å². The maximum absolute atomic E-state index is 13.8. The first-order valence-electron chi connectivity index (χ1n) is 11.3. The number of hydrogen-bond donors (Lipinski definition) is 1. The van der Waals surface area contributed by atoms with Crippen LogP contribution in [-0.2, 0) is 16.2 Å². The van der Waals surface area contributed by atoms with Crippen molar-refractivity contribution in [1.29, 1.82) is 0 Å². The molecule has 0 spiro atoms. The molecule has 2 aliphatic rings. The van der Waals surface area contributed by atoms with E-state index in [4.69, 9.17) is 4.74 Å². The fraction of sp³-hybridized carbons (Fsp3) is 0.148. The van der Waals surface area contributed by atoms with Gasteiger partial charge in [-0.25, -0.2) is 4.90 Å². The molecule has 4 aromatic rings. The molecule has 2 aliphatic heterocycles. The van der Waals surface area contributed by atoms with Crippen LogP contribution in [0.1, 0.15) is 21.9 Å². The summed E-state index contributed by atoms with van der Waals surface area (Å²) in [6.45, 7) is 0.411. The van der Waals surface area contributed by atoms with Gasteiger partial charge in [-0.1, -0.05) is 81.5 Å². The molecule has 9 heteroatoms. The lowest BCUT2D eigenvalue weighted by atomic mass is 9.83. The van der Waals surface area contributed by atoms with Crippen LogP contribution in [0.2, 0.25) is 0 Å². The minimum atomic E-state index is -0.630. The summed E-state index contributed by atoms with van der Waals surface area (Å²) in [6, 6.07) is 24.6. The van der Waals surface area contributed by atoms with Crippen molar-refractivity contribution in [3.63, 3.8) is 0 Å². The highest BCUT2D eigenvalue weighted by Gasteiger charge is 2.56. The molecule has 0 bridgehead atoms. The predicted molar refractivity (Wildman–Crippen MR) is 144 cm³/mol. The number of nitrogens with one attached hydrogen (secondary N) is 1. The number of hydrogen-bond acceptors (Lipinski definition) is 6. The van der Waals surface area contributed by atoms with Crippen molar-refractivity contribution < 1.29 is 14.3 Å². The maximum atomic E-state index is 13.8. The van der Waals surface area contributed by atoms with Crippen LogP contribution in [0.5, 0.6) is 5.75 Å². The number of ether oxygens (including phenoxy) is 1. The molecular formula is C27H19BrN2O4S2. The van der Waals surface area contributed by atoms with Gasteiger partial charge in [0.25, 0.3) is 0 Å². The van der Waals surface area contributed by atoms with Crippen LogP contribution < -0.4 is 14.5 Å². The standard InChI is InChI=1S/C27H19BrN2O4S2/c28-17-9-11-18(12-10-17)30-25(31)21-20(22-24(29-27(33)36-22)35-23(21)26(30)32)16-7-4-8-19(13-16)34-14-15-5-2-1-3-6-15/h1-13,20-21,23H,14H2,(H,29,33)/t20-,21?,23?/m1/s1. The van der Waals surface area contributed by atoms with Gasteiger partial charge in [-0.15, -0.1) is 0 Å². The van der Waals surface area contributed by atoms with Crippen LogP contribution in [-0.4, -0.2) is 22.0 Å². The maximum Gasteiger partial charge on any atom is 0.305 e. The molecule has 1 N–H and O–H groups in total. The molecule has 36 heavy (non-hydrogen) atoms. The first-order valence-corrected chi connectivity index (χ1v) is 13.8. The zero-order chi connectivity index (χ0) is 24.8. The van der Waals surface area contributed by atoms with Gasteiger partial charge >= 0.3 is 4.87 Å². The van der Waals surface area contributed by atoms with E-state index in [1.165, 1.54) is 16.7 Å². The van der Waals surface area contributed by atoms with Gasteiger partial charge in [-0.05, 0) is 47.5 Å². The fourth-order valence-corrected chi connectivity index (χ4v) is 7.54. The van der Waals surface area contributed by atoms with Crippen LogP contribution in [0, 0.1) is 5.92 Å². The number of carbonyl (C=O) groups is 2. The second kappa shape index (κ2) is 9.38. The Labute approximate surface area is 223 Å². The third-order valence-electron chi connectivity index (χ3n) is 6.37. The lowest BCUT2D eigenvalue weighted by molar-refractivity contribution is -0.122. The van der Waals surface area contributed by atoms with E-state index in [0.717, 1.165) is 31.8 Å². The van der Waals surface area contributed by atoms with Crippen molar-refractivity contribution in [2.75, 3.05) is 4.90 Å². The van der Waals surface area contributed by atoms with E-state index < -0.39 is 17.1 Å². The second-order valence-electron chi connectivity index (χ2n) is 8.58. The highest BCUT2D eigenvalue weighted by atomic mass is 79.9. The molecule has 1 aromatic heterocycles. The first-order chi connectivity index (χ1) is 17.5. The summed E-state index contributed by atoms with van der Waals surface area (Å²) in [6.07, 6.45) is 0. The molecule has 3 atom stereocenters. The molecule has 0 radical (unpaired) electrons. The number of thiazole rings is 1. The van der Waals surface area contributed by atoms with Crippen LogP contribution in [0.4, 0.5) is 5.69 Å². The lowest BCUT2D eigenvalue weighted by Crippen LogP contribution is -2.32. The smallest absolute Gasteiger partial charge is 0.305 e. The SMILES string of the molecule is O=C1C2Sc3[nH]c(=O)sc3[C@H](c3cccc(OCc4ccccc4)c3)C2C(=O)N1c1ccc(Br)cc1. The molecule has 3 heterocycles. The van der Waals surface area contributed by atoms with Crippen LogP contribution in [0.15, 0.2) is 93.2 Å². The van der Waals surface area contributed by atoms with Crippen molar-refractivity contribution in [2.24, 2.45) is 5.92 Å². The summed E-state index contributed by atoms with van der Waals surface area (Å²) in [4.78, 5) is 44.4. The largest absolute Gasteiger partial charge is 0.489 e. The Balaban J connectivity index is 1.38. The Morgan fingerprint density at radius 2 is 1.69 bits per heavy atom. The number of carbonyl (C=O) groups excluding carboxylic acids is 2. The molecular weight excluding hydrogens is 560 g/mol. The highest BCUT2D eigenvalue weighted by Crippen LogP contribution is 2.53. The Kier molecular flexibility index (Phi) is 6.07. The summed E-state index contributed by atoms with van der Waals surface area (Å²) in [5.41, 5.74) is 2.43. The number of anilines is 1. The Bertz CT molecular complexity index is 1520. The third kappa shape index (κ3) is 4.11. The Morgan fingerprint density at radius 1 is 0.917 bits per heavy atom. The first kappa shape index (κ1) is 23.3. The molecule has 0 aliphatic carbocycles. The number of thioether (sulfide) groups is 1. The summed E-state index contributed by atoms with van der Waals surface area (Å²) >= 11 is 5.78. The number of benzene rings is 3. The minimum absolute atomic E-state index is 0.196. The van der Waals surface area contributed by atoms with Crippen LogP contribution in [0.3, 0.4) is 0 Å². The van der Waals surface area contributed by atoms with Crippen molar-refractivity contribution in [3.8, 4) is 5.75 Å². The van der Waals surface area contributed by atoms with E-state index in [1.807, 2.05) is 66.7 Å². The van der Waals surface area contributed by atoms with Crippen molar-refractivity contribution in [3.05, 3.63) is 109 Å². The van der Waals surface area contributed by atoms with E-state index in [-0.39, 0.29) is 16.7 Å². The second-order valence-corrected chi connectivity index (χ2v) is 11.7. The van der Waals surface area contributed by atoms with Gasteiger partial charge in [-0.2, -0.15) is 0 Å². The zero-order valence-corrected chi connectivity index (χ0v) is 21.9. The predicted octanol–water partition coefficient (Wildman–Crippen LogP) is 5.57. The monoisotopic (exact) mass is 578 g/mol. The van der Waals surface area contributed by atoms with Gasteiger partial charge in [0.05, 0.1) is 16.6 Å². The normalized spacial score (nSPS) is 20.8. The van der Waals surface area contributed by atoms with Crippen molar-refractivity contribution in [1.82, 2.24) is 4.98 Å². The molecule has 2 unspecified atom stereocenters. The molecule has 6 nitrogen and oxygen atoms in total. The minimum Gasteiger partial charge on any atom is -0.489 e. The number of nitrogens with zero attached hydrogens (tertiary/aromatic N) is 1. The number of imide groups is 1. The summed E-state index contributed by atoms with van der Waals surface area (Å²) in [7, 11) is 0. The van der Waals surface area contributed by atoms with E-state index >= 15 is 0 Å². The molecule has 1 saturated heterocycles. The number of halogens is 1. The van der Waals surface area contributed by atoms with Crippen LogP contribution in [0.25, 0.3) is 0 Å². The van der Waals surface area contributed by atoms with Gasteiger partial charge in [0.1, 0.15) is 17.6 Å². The number of rotatable bonds is 5. The summed E-state index contributed by atoms with van der Waals surface area (Å²) in [5.74, 6) is -0.928. The quantitative estimate of drug-likeness (QED) is 0.313. The summed E-state index contributed by atoms with van der Waals surface area (Å²) < 4.78 is 6.90. The molecule has 1 fully saturated rings. The van der Waals surface area contributed by atoms with E-state index in [9.17, 15) is 14.4 Å². The lowest BCUT2D eigenvalue weighted by Gasteiger charge is -2.30. The molecule has 2 amide bonds. The van der Waals surface area contributed by atoms with Gasteiger partial charge in [0, 0.05) is 15.3 Å². The van der Waals surface area contributed by atoms with Crippen molar-refractivity contribution >= 4 is 56.5 Å². The number of H-pyrrole nitrogens is 1. The molecule has 3 aromatic carbocycles. The van der Waals surface area contributed by atoms with Gasteiger partial charge in [0.2, 0.25) is 11.8 Å². The van der Waals surface area contributed by atoms with Gasteiger partial charge in [-0.3, -0.25) is 14.4 Å². The number of aromatic nitrogens is 1. The molecule has 6 rings (SSSR count). The van der Waals surface area contributed by atoms with Gasteiger partial charge < -0.3 is 9.72 Å². The summed E-state index contributed by atoms with van der Waals surface area (Å²) in [5, 5.41) is 0.0310. The number of amides is 2. The van der Waals surface area contributed by atoms with Gasteiger partial charge in [0.15, 0.2) is 0 Å². The topological polar surface area (TPSA) is 79.5 Å². The average molecular weight is 579 g/mol. The van der Waals surface area contributed by atoms with Crippen LogP contribution >= 0.6 is 39.0 Å². The van der Waals surface area contributed by atoms with Crippen molar-refractivity contribution in [2.45, 2.75) is 22.8 Å². The zero-order valence-electron chi connectivity index (χ0n) is 18.7. The van der Waals surface area contributed by atoms with E-state index in [2.05, 4.69) is 20.9 Å². The third-order valence-corrected chi connectivity index (χ3v) is 9.30. The molecule has 180 valence electrons. The fourth-order valence-electron chi connectivity index (χ4n) is 4.76. The number of aromatic amines is 1. The number of fused-ring (bicyclic) bond motifs is 2. The average Bonchev–Trinajstić information content (AvgIpc) is 3.38. The van der Waals surface area contributed by atoms with E-state index in [1.54, 1.807) is 12.1 Å². The Hall–Kier alpha value is -3.14. The molecule has 0 saturated carbocycles. The Morgan fingerprint density at radius 3 is 2.47 bits per heavy atom.